The van der Waals surface area contributed by atoms with Crippen molar-refractivity contribution in [1.29, 1.82) is 0 Å². The van der Waals surface area contributed by atoms with Crippen molar-refractivity contribution in [3.8, 4) is 0 Å². The summed E-state index contributed by atoms with van der Waals surface area (Å²) < 4.78 is 5.18. The van der Waals surface area contributed by atoms with Gasteiger partial charge >= 0.3 is 0 Å². The Bertz CT molecular complexity index is 242. The molecule has 1 aromatic rings. The van der Waals surface area contributed by atoms with E-state index in [0.717, 1.165) is 11.1 Å². The number of hydrogen-bond donors (Lipinski definition) is 2. The van der Waals surface area contributed by atoms with Crippen LogP contribution in [0.3, 0.4) is 0 Å². The summed E-state index contributed by atoms with van der Waals surface area (Å²) in [6.07, 6.45) is 0.0920. The first-order chi connectivity index (χ1) is 6.69. The summed E-state index contributed by atoms with van der Waals surface area (Å²) in [5, 5.41) is 8.86. The lowest BCUT2D eigenvalue weighted by molar-refractivity contribution is 0.119. The monoisotopic (exact) mass is 195 g/mol. The van der Waals surface area contributed by atoms with E-state index in [1.54, 1.807) is 7.11 Å². The van der Waals surface area contributed by atoms with Gasteiger partial charge in [0, 0.05) is 7.11 Å². The van der Waals surface area contributed by atoms with Crippen LogP contribution >= 0.6 is 0 Å². The Morgan fingerprint density at radius 1 is 1.29 bits per heavy atom. The number of ether oxygens (including phenoxy) is 1. The second-order valence-electron chi connectivity index (χ2n) is 3.33. The van der Waals surface area contributed by atoms with Gasteiger partial charge in [0.1, 0.15) is 0 Å². The average Bonchev–Trinajstić information content (AvgIpc) is 2.27. The van der Waals surface area contributed by atoms with Crippen molar-refractivity contribution in [1.82, 2.24) is 0 Å². The summed E-state index contributed by atoms with van der Waals surface area (Å²) in [5.41, 5.74) is 7.73. The maximum atomic E-state index is 8.86. The van der Waals surface area contributed by atoms with Crippen LogP contribution in [0.2, 0.25) is 0 Å². The third-order valence-corrected chi connectivity index (χ3v) is 2.38. The fraction of sp³-hybridized carbons (Fsp3) is 0.455. The van der Waals surface area contributed by atoms with Crippen molar-refractivity contribution in [3.05, 3.63) is 35.4 Å². The molecule has 2 atom stereocenters. The molecule has 14 heavy (non-hydrogen) atoms. The van der Waals surface area contributed by atoms with E-state index in [9.17, 15) is 0 Å². The number of hydrogen-bond acceptors (Lipinski definition) is 3. The fourth-order valence-corrected chi connectivity index (χ4v) is 1.26. The molecule has 0 aliphatic rings. The van der Waals surface area contributed by atoms with Crippen LogP contribution in [-0.4, -0.2) is 18.8 Å². The summed E-state index contributed by atoms with van der Waals surface area (Å²) in [4.78, 5) is 0. The number of rotatable bonds is 4. The predicted molar refractivity (Wildman–Crippen MR) is 55.9 cm³/mol. The Morgan fingerprint density at radius 3 is 2.21 bits per heavy atom. The molecular formula is C11H17NO2. The summed E-state index contributed by atoms with van der Waals surface area (Å²) in [7, 11) is 1.68. The maximum absolute atomic E-state index is 8.86. The van der Waals surface area contributed by atoms with Gasteiger partial charge in [0.15, 0.2) is 0 Å². The predicted octanol–water partition coefficient (Wildman–Crippen LogP) is 1.39. The van der Waals surface area contributed by atoms with Gasteiger partial charge in [-0.2, -0.15) is 0 Å². The quantitative estimate of drug-likeness (QED) is 0.763. The minimum atomic E-state index is -0.290. The van der Waals surface area contributed by atoms with Gasteiger partial charge in [-0.05, 0) is 18.1 Å². The molecule has 0 fully saturated rings. The largest absolute Gasteiger partial charge is 0.394 e. The minimum Gasteiger partial charge on any atom is -0.394 e. The summed E-state index contributed by atoms with van der Waals surface area (Å²) in [5.74, 6) is 0. The van der Waals surface area contributed by atoms with E-state index < -0.39 is 0 Å². The van der Waals surface area contributed by atoms with Crippen molar-refractivity contribution in [2.75, 3.05) is 13.7 Å². The number of methoxy groups -OCH3 is 1. The molecule has 3 N–H and O–H groups in total. The SMILES string of the molecule is CO[C@H](C)c1ccc([C@@H](N)CO)cc1. The van der Waals surface area contributed by atoms with Gasteiger partial charge in [-0.3, -0.25) is 0 Å². The fourth-order valence-electron chi connectivity index (χ4n) is 1.26. The number of benzene rings is 1. The van der Waals surface area contributed by atoms with Crippen LogP contribution in [0.4, 0.5) is 0 Å². The summed E-state index contributed by atoms with van der Waals surface area (Å²) in [6.45, 7) is 1.96. The van der Waals surface area contributed by atoms with Crippen LogP contribution in [0, 0.1) is 0 Å². The second kappa shape index (κ2) is 5.10. The number of aliphatic hydroxyl groups is 1. The van der Waals surface area contributed by atoms with Gasteiger partial charge in [-0.25, -0.2) is 0 Å². The zero-order valence-electron chi connectivity index (χ0n) is 8.60. The third kappa shape index (κ3) is 2.54. The molecule has 0 amide bonds. The third-order valence-electron chi connectivity index (χ3n) is 2.38. The Balaban J connectivity index is 2.78. The van der Waals surface area contributed by atoms with Crippen LogP contribution < -0.4 is 5.73 Å². The molecule has 3 heteroatoms. The van der Waals surface area contributed by atoms with E-state index in [-0.39, 0.29) is 18.8 Å². The van der Waals surface area contributed by atoms with Crippen molar-refractivity contribution in [2.45, 2.75) is 19.1 Å². The van der Waals surface area contributed by atoms with Crippen LogP contribution in [-0.2, 0) is 4.74 Å². The normalized spacial score (nSPS) is 15.1. The molecule has 0 spiro atoms. The molecule has 0 bridgehead atoms. The Kier molecular flexibility index (Phi) is 4.07. The van der Waals surface area contributed by atoms with Crippen LogP contribution in [0.25, 0.3) is 0 Å². The van der Waals surface area contributed by atoms with Gasteiger partial charge in [-0.15, -0.1) is 0 Å². The van der Waals surface area contributed by atoms with Gasteiger partial charge in [0.05, 0.1) is 18.8 Å². The van der Waals surface area contributed by atoms with Crippen molar-refractivity contribution in [3.63, 3.8) is 0 Å². The first kappa shape index (κ1) is 11.2. The van der Waals surface area contributed by atoms with Crippen LogP contribution in [0.5, 0.6) is 0 Å². The molecule has 1 aromatic carbocycles. The van der Waals surface area contributed by atoms with E-state index in [0.29, 0.717) is 0 Å². The lowest BCUT2D eigenvalue weighted by Gasteiger charge is -2.12. The summed E-state index contributed by atoms with van der Waals surface area (Å²) in [6, 6.07) is 7.50. The Morgan fingerprint density at radius 2 is 1.79 bits per heavy atom. The smallest absolute Gasteiger partial charge is 0.0793 e. The maximum Gasteiger partial charge on any atom is 0.0793 e. The summed E-state index contributed by atoms with van der Waals surface area (Å²) >= 11 is 0. The van der Waals surface area contributed by atoms with E-state index in [1.165, 1.54) is 0 Å². The zero-order valence-corrected chi connectivity index (χ0v) is 8.60. The molecule has 0 aliphatic heterocycles. The molecular weight excluding hydrogens is 178 g/mol. The highest BCUT2D eigenvalue weighted by Gasteiger charge is 2.06. The highest BCUT2D eigenvalue weighted by atomic mass is 16.5. The van der Waals surface area contributed by atoms with Gasteiger partial charge in [0.25, 0.3) is 0 Å². The molecule has 1 rings (SSSR count). The average molecular weight is 195 g/mol. The zero-order chi connectivity index (χ0) is 10.6. The molecule has 0 saturated carbocycles. The standard InChI is InChI=1S/C11H17NO2/c1-8(14-2)9-3-5-10(6-4-9)11(12)7-13/h3-6,8,11,13H,7,12H2,1-2H3/t8-,11+/m1/s1. The molecule has 0 aromatic heterocycles. The van der Waals surface area contributed by atoms with Crippen LogP contribution in [0.1, 0.15) is 30.2 Å². The van der Waals surface area contributed by atoms with Gasteiger partial charge < -0.3 is 15.6 Å². The first-order valence-electron chi connectivity index (χ1n) is 4.68. The second-order valence-corrected chi connectivity index (χ2v) is 3.33. The van der Waals surface area contributed by atoms with Crippen molar-refractivity contribution < 1.29 is 9.84 Å². The van der Waals surface area contributed by atoms with Crippen LogP contribution in [0.15, 0.2) is 24.3 Å². The highest BCUT2D eigenvalue weighted by molar-refractivity contribution is 5.26. The minimum absolute atomic E-state index is 0.0286. The highest BCUT2D eigenvalue weighted by Crippen LogP contribution is 2.18. The van der Waals surface area contributed by atoms with Gasteiger partial charge in [0.2, 0.25) is 0 Å². The molecule has 0 heterocycles. The molecule has 0 radical (unpaired) electrons. The number of nitrogens with two attached hydrogens (primary N) is 1. The molecule has 3 nitrogen and oxygen atoms in total. The first-order valence-corrected chi connectivity index (χ1v) is 4.68. The lowest BCUT2D eigenvalue weighted by atomic mass is 10.0. The molecule has 0 saturated heterocycles. The molecule has 0 unspecified atom stereocenters. The molecule has 78 valence electrons. The van der Waals surface area contributed by atoms with Gasteiger partial charge in [-0.1, -0.05) is 24.3 Å². The topological polar surface area (TPSA) is 55.5 Å². The van der Waals surface area contributed by atoms with E-state index in [4.69, 9.17) is 15.6 Å². The van der Waals surface area contributed by atoms with Crippen molar-refractivity contribution >= 4 is 0 Å². The number of aliphatic hydroxyl groups excluding tert-OH is 1. The lowest BCUT2D eigenvalue weighted by Crippen LogP contribution is -2.14. The Labute approximate surface area is 84.5 Å². The Hall–Kier alpha value is -0.900. The molecule has 0 aliphatic carbocycles. The van der Waals surface area contributed by atoms with E-state index in [1.807, 2.05) is 31.2 Å². The van der Waals surface area contributed by atoms with E-state index in [2.05, 4.69) is 0 Å². The van der Waals surface area contributed by atoms with Crippen molar-refractivity contribution in [2.24, 2.45) is 5.73 Å². The van der Waals surface area contributed by atoms with E-state index >= 15 is 0 Å².